The average Bonchev–Trinajstić information content (AvgIpc) is 3.73. The van der Waals surface area contributed by atoms with E-state index in [1.807, 2.05) is 0 Å². The van der Waals surface area contributed by atoms with Crippen molar-refractivity contribution in [3.63, 3.8) is 0 Å². The van der Waals surface area contributed by atoms with Crippen molar-refractivity contribution < 1.29 is 9.47 Å². The van der Waals surface area contributed by atoms with E-state index in [9.17, 15) is 0 Å². The van der Waals surface area contributed by atoms with Crippen LogP contribution in [-0.2, 0) is 9.47 Å². The van der Waals surface area contributed by atoms with Crippen LogP contribution in [0.25, 0.3) is 0 Å². The number of ether oxygens (including phenoxy) is 2. The van der Waals surface area contributed by atoms with Crippen LogP contribution in [0.2, 0.25) is 0 Å². The molecule has 2 aromatic rings. The minimum Gasteiger partial charge on any atom is -0.372 e. The number of fused-ring (bicyclic) bond motifs is 10. The molecule has 0 N–H and O–H groups in total. The smallest absolute Gasteiger partial charge is 0.0740 e. The van der Waals surface area contributed by atoms with Crippen molar-refractivity contribution in [2.45, 2.75) is 188 Å². The Balaban J connectivity index is 0.753. The second-order valence-electron chi connectivity index (χ2n) is 20.1. The van der Waals surface area contributed by atoms with Crippen LogP contribution in [-0.4, -0.2) is 70.5 Å². The van der Waals surface area contributed by atoms with Crippen molar-refractivity contribution in [2.24, 2.45) is 35.5 Å². The van der Waals surface area contributed by atoms with E-state index in [0.29, 0.717) is 48.3 Å². The third kappa shape index (κ3) is 5.04. The van der Waals surface area contributed by atoms with Crippen molar-refractivity contribution >= 4 is 0 Å². The van der Waals surface area contributed by atoms with Gasteiger partial charge >= 0.3 is 0 Å². The Kier molecular flexibility index (Phi) is 8.08. The first-order chi connectivity index (χ1) is 25.8. The van der Waals surface area contributed by atoms with Gasteiger partial charge < -0.3 is 9.47 Å². The molecule has 12 rings (SSSR count). The Bertz CT molecular complexity index is 1470. The Labute approximate surface area is 313 Å². The standard InChI is InChI=1S/C48H64N2O2/c1-3-9-29(10-4-1)33-19-23-41-45(27-33)51-43-15-7-13-35-37-25-31(17-21-39(37)49(41)47(35)43)32-18-22-40-38(26-32)36-14-8-16-44-48(36)50(40)42-24-20-34(28-46(42)52-44)30-11-5-2-6-12-30/h1-6,9-12,31-48H,7-8,13-28H2. The van der Waals surface area contributed by atoms with Crippen molar-refractivity contribution in [3.8, 4) is 0 Å². The summed E-state index contributed by atoms with van der Waals surface area (Å²) in [5, 5.41) is 0. The molecule has 0 aromatic heterocycles. The topological polar surface area (TPSA) is 24.9 Å². The lowest BCUT2D eigenvalue weighted by molar-refractivity contribution is -0.180. The highest BCUT2D eigenvalue weighted by atomic mass is 16.5. The van der Waals surface area contributed by atoms with Crippen molar-refractivity contribution in [3.05, 3.63) is 71.8 Å². The maximum Gasteiger partial charge on any atom is 0.0740 e. The Morgan fingerprint density at radius 2 is 0.827 bits per heavy atom. The van der Waals surface area contributed by atoms with E-state index < -0.39 is 0 Å². The highest BCUT2D eigenvalue weighted by molar-refractivity contribution is 5.24. The number of hydrogen-bond donors (Lipinski definition) is 0. The van der Waals surface area contributed by atoms with Gasteiger partial charge in [0.25, 0.3) is 0 Å². The molecule has 4 aliphatic heterocycles. The Morgan fingerprint density at radius 1 is 0.385 bits per heavy atom. The predicted octanol–water partition coefficient (Wildman–Crippen LogP) is 9.73. The Hall–Kier alpha value is -1.72. The van der Waals surface area contributed by atoms with Gasteiger partial charge in [0, 0.05) is 36.3 Å². The van der Waals surface area contributed by atoms with Crippen LogP contribution in [0, 0.1) is 35.5 Å². The van der Waals surface area contributed by atoms with Crippen LogP contribution >= 0.6 is 0 Å². The highest BCUT2D eigenvalue weighted by Crippen LogP contribution is 2.60. The summed E-state index contributed by atoms with van der Waals surface area (Å²) in [6.07, 6.45) is 27.2. The minimum atomic E-state index is 0.447. The molecule has 0 amide bonds. The summed E-state index contributed by atoms with van der Waals surface area (Å²) in [7, 11) is 0. The van der Waals surface area contributed by atoms with Gasteiger partial charge in [-0.1, -0.05) is 73.5 Å². The molecule has 10 fully saturated rings. The lowest BCUT2D eigenvalue weighted by atomic mass is 9.62. The van der Waals surface area contributed by atoms with Gasteiger partial charge in [-0.3, -0.25) is 9.80 Å². The summed E-state index contributed by atoms with van der Waals surface area (Å²) in [5.41, 5.74) is 3.10. The molecular weight excluding hydrogens is 637 g/mol. The van der Waals surface area contributed by atoms with E-state index >= 15 is 0 Å². The monoisotopic (exact) mass is 700 g/mol. The van der Waals surface area contributed by atoms with E-state index in [1.165, 1.54) is 116 Å². The minimum absolute atomic E-state index is 0.447. The molecule has 6 aliphatic carbocycles. The summed E-state index contributed by atoms with van der Waals surface area (Å²) in [5.74, 6) is 6.96. The molecule has 4 nitrogen and oxygen atoms in total. The summed E-state index contributed by atoms with van der Waals surface area (Å²) in [4.78, 5) is 6.39. The van der Waals surface area contributed by atoms with E-state index in [0.717, 1.165) is 59.7 Å². The van der Waals surface area contributed by atoms with Crippen molar-refractivity contribution in [1.82, 2.24) is 9.80 Å². The SMILES string of the molecule is c1ccc(C2CCC3C(C2)OC2CCCC4C5CC(C6CCC7C(C6)C6CCCC8OC9CC(c%10ccccc%10)CCC9N7C86)CCC5N3C24)cc1. The zero-order valence-electron chi connectivity index (χ0n) is 31.6. The summed E-state index contributed by atoms with van der Waals surface area (Å²) >= 11 is 0. The van der Waals surface area contributed by atoms with Crippen molar-refractivity contribution in [1.29, 1.82) is 0 Å². The van der Waals surface area contributed by atoms with E-state index in [2.05, 4.69) is 70.5 Å². The van der Waals surface area contributed by atoms with Crippen LogP contribution in [0.4, 0.5) is 0 Å². The zero-order chi connectivity index (χ0) is 33.9. The van der Waals surface area contributed by atoms with Gasteiger partial charge in [0.05, 0.1) is 24.4 Å². The zero-order valence-corrected chi connectivity index (χ0v) is 31.6. The molecule has 4 heteroatoms. The van der Waals surface area contributed by atoms with Crippen LogP contribution in [0.5, 0.6) is 0 Å². The fourth-order valence-electron chi connectivity index (χ4n) is 16.4. The number of rotatable bonds is 3. The first-order valence-electron chi connectivity index (χ1n) is 22.7. The molecular formula is C48H64N2O2. The summed E-state index contributed by atoms with van der Waals surface area (Å²) in [6.45, 7) is 0. The second-order valence-corrected chi connectivity index (χ2v) is 20.1. The van der Waals surface area contributed by atoms with Crippen LogP contribution in [0.1, 0.15) is 139 Å². The molecule has 0 spiro atoms. The lowest BCUT2D eigenvalue weighted by Crippen LogP contribution is -2.63. The van der Waals surface area contributed by atoms with E-state index in [-0.39, 0.29) is 0 Å². The fraction of sp³-hybridized carbons (Fsp3) is 0.750. The third-order valence-electron chi connectivity index (χ3n) is 18.2. The second kappa shape index (κ2) is 12.9. The summed E-state index contributed by atoms with van der Waals surface area (Å²) in [6, 6.07) is 27.3. The average molecular weight is 701 g/mol. The molecule has 0 radical (unpaired) electrons. The molecule has 52 heavy (non-hydrogen) atoms. The molecule has 18 atom stereocenters. The Morgan fingerprint density at radius 3 is 1.29 bits per heavy atom. The first-order valence-corrected chi connectivity index (χ1v) is 22.7. The van der Waals surface area contributed by atoms with Gasteiger partial charge in [0.1, 0.15) is 0 Å². The van der Waals surface area contributed by atoms with Gasteiger partial charge in [0.2, 0.25) is 0 Å². The number of benzene rings is 2. The maximum atomic E-state index is 7.22. The number of hydrogen-bond acceptors (Lipinski definition) is 4. The van der Waals surface area contributed by atoms with Crippen LogP contribution in [0.3, 0.4) is 0 Å². The van der Waals surface area contributed by atoms with Gasteiger partial charge in [0.15, 0.2) is 0 Å². The predicted molar refractivity (Wildman–Crippen MR) is 206 cm³/mol. The summed E-state index contributed by atoms with van der Waals surface area (Å²) < 4.78 is 14.4. The number of nitrogens with zero attached hydrogens (tertiary/aromatic N) is 2. The van der Waals surface area contributed by atoms with E-state index in [1.54, 1.807) is 11.1 Å². The number of morpholine rings is 2. The fourth-order valence-corrected chi connectivity index (χ4v) is 16.4. The molecule has 6 saturated carbocycles. The quantitative estimate of drug-likeness (QED) is 0.319. The third-order valence-corrected chi connectivity index (χ3v) is 18.2. The van der Waals surface area contributed by atoms with Gasteiger partial charge in [-0.15, -0.1) is 0 Å². The molecule has 18 unspecified atom stereocenters. The van der Waals surface area contributed by atoms with Gasteiger partial charge in [-0.2, -0.15) is 0 Å². The normalized spacial score (nSPS) is 50.9. The van der Waals surface area contributed by atoms with Crippen LogP contribution in [0.15, 0.2) is 60.7 Å². The highest BCUT2D eigenvalue weighted by Gasteiger charge is 2.63. The molecule has 10 aliphatic rings. The largest absolute Gasteiger partial charge is 0.372 e. The maximum absolute atomic E-state index is 7.22. The lowest BCUT2D eigenvalue weighted by Gasteiger charge is -2.54. The molecule has 4 heterocycles. The molecule has 0 bridgehead atoms. The van der Waals surface area contributed by atoms with Crippen LogP contribution < -0.4 is 0 Å². The molecule has 2 aromatic carbocycles. The van der Waals surface area contributed by atoms with Gasteiger partial charge in [-0.05, 0) is 161 Å². The molecule has 4 saturated heterocycles. The van der Waals surface area contributed by atoms with Crippen molar-refractivity contribution in [2.75, 3.05) is 0 Å². The molecule has 278 valence electrons. The first kappa shape index (κ1) is 32.5. The van der Waals surface area contributed by atoms with Gasteiger partial charge in [-0.25, -0.2) is 0 Å². The van der Waals surface area contributed by atoms with E-state index in [4.69, 9.17) is 9.47 Å².